The van der Waals surface area contributed by atoms with Crippen molar-refractivity contribution in [3.63, 3.8) is 0 Å². The van der Waals surface area contributed by atoms with Gasteiger partial charge in [0, 0.05) is 94.9 Å². The average Bonchev–Trinajstić information content (AvgIpc) is 0.754. The molecule has 0 aliphatic carbocycles. The lowest BCUT2D eigenvalue weighted by Gasteiger charge is -2.53. The number of carbonyl (C=O) groups excluding carboxylic acids is 15. The zero-order valence-electron chi connectivity index (χ0n) is 78.7. The van der Waals surface area contributed by atoms with Gasteiger partial charge in [-0.2, -0.15) is 0 Å². The van der Waals surface area contributed by atoms with Crippen molar-refractivity contribution in [2.45, 2.75) is 353 Å². The van der Waals surface area contributed by atoms with E-state index in [-0.39, 0.29) is 12.2 Å². The number of aliphatic hydroxyl groups excluding tert-OH is 1. The standard InChI is InChI=1S/C87H120N4O43Si/c1-38(79(106)111-33-55-29-25-23-26-30-55)39(2)113-82-62(90-91-88)69(63(105)57(125-82)37-112-135(21,22)87(18,19)20)131-85-77(129-80(107)56-31-27-24-28-32-56)74(68(119-49(12)99)60(127-85)36-110-45(8)95)133-81-61(89-42(5)92)70(132-83-75(123-53(16)103)71(120-50(13)100)64(40(3)114-83)116-46(9)96)66(58(126-81)34-108-43(6)93)130-86-78(73(122-52(15)102)67(118-48(11)98)59(128-86)35-109-44(7)94)134-84-76(124-54(17)104)72(121-51(14)101)65(41(4)115-84)117-47(10)97/h23-32,38-41,57-78,81-86,105H,33-37H2,1-22H3,(H,89,92)/t38-,39+,40?,41?,57?,58?,59?,60?,61?,62?,63?,64?,65-,66?,67?,68?,69+,70+,71-,72?,73-,74-,75?,76+,77?,78?,81-,82-,83-,84?,85-,86-/m0/s1. The largest absolute Gasteiger partial charge is 0.463 e. The Kier molecular flexibility index (Phi) is 40.2. The predicted molar refractivity (Wildman–Crippen MR) is 449 cm³/mol. The predicted octanol–water partition coefficient (Wildman–Crippen LogP) is 3.95. The zero-order chi connectivity index (χ0) is 100. The fraction of sp³-hybridized carbons (Fsp3) is 0.690. The molecule has 750 valence electrons. The van der Waals surface area contributed by atoms with Crippen molar-refractivity contribution in [3.05, 3.63) is 82.2 Å². The number of rotatable bonds is 38. The van der Waals surface area contributed by atoms with E-state index in [4.69, 9.17) is 128 Å². The van der Waals surface area contributed by atoms with E-state index < -0.39 is 325 Å². The maximum absolute atomic E-state index is 15.4. The molecule has 1 amide bonds. The molecule has 48 heteroatoms. The summed E-state index contributed by atoms with van der Waals surface area (Å²) in [5, 5.41) is 19.3. The van der Waals surface area contributed by atoms with Crippen LogP contribution >= 0.6 is 0 Å². The molecule has 135 heavy (non-hydrogen) atoms. The van der Waals surface area contributed by atoms with E-state index >= 15 is 4.79 Å². The van der Waals surface area contributed by atoms with Gasteiger partial charge in [0.25, 0.3) is 0 Å². The quantitative estimate of drug-likeness (QED) is 0.0240. The van der Waals surface area contributed by atoms with Gasteiger partial charge in [-0.1, -0.05) is 74.4 Å². The monoisotopic (exact) mass is 1940 g/mol. The summed E-state index contributed by atoms with van der Waals surface area (Å²) in [6.07, 6.45) is -59.1. The number of amides is 1. The third-order valence-corrected chi connectivity index (χ3v) is 26.8. The Balaban J connectivity index is 1.43. The molecule has 32 atom stereocenters. The third-order valence-electron chi connectivity index (χ3n) is 22.3. The number of nitrogens with zero attached hydrogens (tertiary/aromatic N) is 3. The molecule has 8 rings (SSSR count). The van der Waals surface area contributed by atoms with Crippen molar-refractivity contribution in [2.75, 3.05) is 26.4 Å². The van der Waals surface area contributed by atoms with Crippen molar-refractivity contribution in [1.82, 2.24) is 5.32 Å². The van der Waals surface area contributed by atoms with E-state index in [9.17, 15) is 77.8 Å². The molecule has 2 aromatic carbocycles. The van der Waals surface area contributed by atoms with Gasteiger partial charge in [-0.25, -0.2) is 4.79 Å². The molecule has 6 heterocycles. The molecule has 0 saturated carbocycles. The van der Waals surface area contributed by atoms with Gasteiger partial charge in [0.1, 0.15) is 93.4 Å². The fourth-order valence-corrected chi connectivity index (χ4v) is 16.2. The lowest BCUT2D eigenvalue weighted by Crippen LogP contribution is -2.72. The second-order valence-electron chi connectivity index (χ2n) is 34.1. The summed E-state index contributed by atoms with van der Waals surface area (Å²) in [6, 6.07) is 11.5. The summed E-state index contributed by atoms with van der Waals surface area (Å²) in [5.74, 6) is -17.3. The highest BCUT2D eigenvalue weighted by molar-refractivity contribution is 6.74. The van der Waals surface area contributed by atoms with E-state index in [0.717, 1.165) is 90.0 Å². The van der Waals surface area contributed by atoms with Gasteiger partial charge in [0.05, 0.1) is 36.4 Å². The number of esters is 14. The number of aliphatic hydroxyl groups is 1. The maximum atomic E-state index is 15.4. The summed E-state index contributed by atoms with van der Waals surface area (Å²) in [5.41, 5.74) is 11.1. The molecule has 0 spiro atoms. The highest BCUT2D eigenvalue weighted by atomic mass is 28.4. The second-order valence-corrected chi connectivity index (χ2v) is 38.9. The Hall–Kier alpha value is -10.5. The first-order valence-electron chi connectivity index (χ1n) is 43.3. The number of benzene rings is 2. The number of hydrogen-bond donors (Lipinski definition) is 2. The Morgan fingerprint density at radius 2 is 0.763 bits per heavy atom. The van der Waals surface area contributed by atoms with Gasteiger partial charge < -0.3 is 138 Å². The summed E-state index contributed by atoms with van der Waals surface area (Å²) in [4.78, 5) is 208. The molecule has 0 bridgehead atoms. The van der Waals surface area contributed by atoms with Crippen LogP contribution in [0.25, 0.3) is 10.4 Å². The Morgan fingerprint density at radius 3 is 1.20 bits per heavy atom. The van der Waals surface area contributed by atoms with Crippen LogP contribution in [-0.2, 0) is 201 Å². The van der Waals surface area contributed by atoms with Crippen molar-refractivity contribution >= 4 is 97.8 Å². The molecular weight excluding hydrogens is 1820 g/mol. The lowest BCUT2D eigenvalue weighted by atomic mass is 9.93. The molecule has 6 aliphatic rings. The first-order chi connectivity index (χ1) is 63.4. The number of ether oxygens (including phenoxy) is 26. The van der Waals surface area contributed by atoms with E-state index in [2.05, 4.69) is 15.3 Å². The van der Waals surface area contributed by atoms with E-state index in [1.165, 1.54) is 58.0 Å². The summed E-state index contributed by atoms with van der Waals surface area (Å²) in [7, 11) is -2.87. The molecule has 18 unspecified atom stereocenters. The Bertz CT molecular complexity index is 4500. The SMILES string of the molecule is CC(=O)NC1[C@H](O[C@H]2C(OC(C)=O)C(COC(C)=O)O[C@@H](O[C@H]3C(O)C(CO[Si](C)(C)C(C)(C)C)O[C@H](O[C@H](C)[C@H](C)C(=O)OCc4ccccc4)C3N=[N+]=[N-])C2OC(=O)c2ccccc2)OC(COC(C)=O)C(O[C@@H]2OC(COC(C)=O)C(OC(C)=O)[C@H](OC(C)=O)C2OC2OC(C)[C@H](OC(C)=O)C(OC(C)=O)[C@H]2OC(C)=O)[C@@H]1O[C@@H]1OC(C)C(OC(C)=O)[C@H](OC(C)=O)C1OC(C)=O. The van der Waals surface area contributed by atoms with Gasteiger partial charge in [0.2, 0.25) is 5.91 Å². The highest BCUT2D eigenvalue weighted by Gasteiger charge is 2.64. The molecular formula is C87H120N4O43Si. The van der Waals surface area contributed by atoms with E-state index in [1.54, 1.807) is 30.3 Å². The number of nitrogens with one attached hydrogen (secondary N) is 1. The molecule has 0 radical (unpaired) electrons. The van der Waals surface area contributed by atoms with Crippen LogP contribution in [-0.4, -0.2) is 320 Å². The van der Waals surface area contributed by atoms with E-state index in [1.807, 2.05) is 33.9 Å². The van der Waals surface area contributed by atoms with Crippen LogP contribution in [0, 0.1) is 5.92 Å². The third kappa shape index (κ3) is 30.7. The first kappa shape index (κ1) is 110. The maximum Gasteiger partial charge on any atom is 0.338 e. The molecule has 2 N–H and O–H groups in total. The molecule has 6 saturated heterocycles. The summed E-state index contributed by atoms with van der Waals surface area (Å²) in [6.45, 7) is 23.6. The van der Waals surface area contributed by atoms with Crippen molar-refractivity contribution in [1.29, 1.82) is 0 Å². The summed E-state index contributed by atoms with van der Waals surface area (Å²) >= 11 is 0. The van der Waals surface area contributed by atoms with Crippen molar-refractivity contribution < 1.29 is 205 Å². The average molecular weight is 1940 g/mol. The number of azide groups is 1. The Morgan fingerprint density at radius 1 is 0.407 bits per heavy atom. The molecule has 6 aliphatic heterocycles. The zero-order valence-corrected chi connectivity index (χ0v) is 79.7. The fourth-order valence-electron chi connectivity index (χ4n) is 15.2. The van der Waals surface area contributed by atoms with E-state index in [0.29, 0.717) is 5.56 Å². The minimum absolute atomic E-state index is 0.153. The molecule has 2 aromatic rings. The van der Waals surface area contributed by atoms with Crippen LogP contribution in [0.4, 0.5) is 0 Å². The van der Waals surface area contributed by atoms with Gasteiger partial charge in [0.15, 0.2) is 113 Å². The van der Waals surface area contributed by atoms with Crippen LogP contribution in [0.15, 0.2) is 65.8 Å². The number of carbonyl (C=O) groups is 15. The smallest absolute Gasteiger partial charge is 0.338 e. The minimum Gasteiger partial charge on any atom is -0.463 e. The molecule has 47 nitrogen and oxygen atoms in total. The van der Waals surface area contributed by atoms with Gasteiger partial charge in [-0.3, -0.25) is 67.1 Å². The lowest BCUT2D eigenvalue weighted by molar-refractivity contribution is -0.400. The van der Waals surface area contributed by atoms with Crippen LogP contribution in [0.3, 0.4) is 0 Å². The number of hydrogen-bond acceptors (Lipinski definition) is 44. The van der Waals surface area contributed by atoms with Gasteiger partial charge >= 0.3 is 83.6 Å². The summed E-state index contributed by atoms with van der Waals surface area (Å²) < 4.78 is 170. The van der Waals surface area contributed by atoms with Crippen molar-refractivity contribution in [2.24, 2.45) is 11.0 Å². The van der Waals surface area contributed by atoms with Crippen LogP contribution in [0.2, 0.25) is 18.1 Å². The molecule has 0 aromatic heterocycles. The van der Waals surface area contributed by atoms with Crippen LogP contribution < -0.4 is 5.32 Å². The molecule has 6 fully saturated rings. The van der Waals surface area contributed by atoms with Crippen LogP contribution in [0.5, 0.6) is 0 Å². The Labute approximate surface area is 777 Å². The van der Waals surface area contributed by atoms with Crippen LogP contribution in [0.1, 0.15) is 154 Å². The van der Waals surface area contributed by atoms with Gasteiger partial charge in [-0.05, 0) is 69.1 Å². The normalized spacial score (nSPS) is 32.2. The highest BCUT2D eigenvalue weighted by Crippen LogP contribution is 2.44. The van der Waals surface area contributed by atoms with Crippen molar-refractivity contribution in [3.8, 4) is 0 Å². The second kappa shape index (κ2) is 49.5. The van der Waals surface area contributed by atoms with Gasteiger partial charge in [-0.15, -0.1) is 0 Å². The topological polar surface area (TPSA) is 586 Å². The first-order valence-corrected chi connectivity index (χ1v) is 46.2. The minimum atomic E-state index is -2.87.